The Bertz CT molecular complexity index is 258. The van der Waals surface area contributed by atoms with Crippen LogP contribution >= 0.6 is 34.8 Å². The van der Waals surface area contributed by atoms with Crippen LogP contribution in [0.25, 0.3) is 0 Å². The van der Waals surface area contributed by atoms with Crippen LogP contribution in [0.1, 0.15) is 25.7 Å². The SMILES string of the molecule is N#CC1(C(=O)C(Cl)(Cl)Cl)CCCC1. The van der Waals surface area contributed by atoms with Crippen molar-refractivity contribution in [2.24, 2.45) is 5.41 Å². The fraction of sp³-hybridized carbons (Fsp3) is 0.750. The summed E-state index contributed by atoms with van der Waals surface area (Å²) in [6.07, 6.45) is 2.71. The Balaban J connectivity index is 2.92. The van der Waals surface area contributed by atoms with Gasteiger partial charge in [-0.15, -0.1) is 0 Å². The van der Waals surface area contributed by atoms with Gasteiger partial charge >= 0.3 is 0 Å². The third kappa shape index (κ3) is 2.10. The number of carbonyl (C=O) groups excluding carboxylic acids is 1. The van der Waals surface area contributed by atoms with E-state index in [-0.39, 0.29) is 0 Å². The maximum Gasteiger partial charge on any atom is 0.250 e. The van der Waals surface area contributed by atoms with Crippen LogP contribution < -0.4 is 0 Å². The quantitative estimate of drug-likeness (QED) is 0.661. The first-order chi connectivity index (χ1) is 5.92. The van der Waals surface area contributed by atoms with Crippen molar-refractivity contribution in [3.63, 3.8) is 0 Å². The minimum Gasteiger partial charge on any atom is -0.293 e. The molecule has 0 bridgehead atoms. The number of nitrogens with zero attached hydrogens (tertiary/aromatic N) is 1. The summed E-state index contributed by atoms with van der Waals surface area (Å²) in [4.78, 5) is 11.6. The van der Waals surface area contributed by atoms with E-state index in [1.807, 2.05) is 6.07 Å². The minimum atomic E-state index is -1.96. The Labute approximate surface area is 91.8 Å². The van der Waals surface area contributed by atoms with Gasteiger partial charge in [-0.25, -0.2) is 0 Å². The molecule has 1 aliphatic rings. The second-order valence-electron chi connectivity index (χ2n) is 3.23. The zero-order chi connectivity index (χ0) is 10.1. The van der Waals surface area contributed by atoms with Crippen molar-refractivity contribution in [2.75, 3.05) is 0 Å². The van der Waals surface area contributed by atoms with Crippen LogP contribution in [-0.4, -0.2) is 9.58 Å². The summed E-state index contributed by atoms with van der Waals surface area (Å²) < 4.78 is -1.96. The molecule has 0 aliphatic heterocycles. The first-order valence-corrected chi connectivity index (χ1v) is 5.09. The number of ketones is 1. The fourth-order valence-corrected chi connectivity index (χ4v) is 2.18. The molecule has 1 saturated carbocycles. The summed E-state index contributed by atoms with van der Waals surface area (Å²) in [5, 5.41) is 8.90. The Kier molecular flexibility index (Phi) is 3.12. The molecule has 0 spiro atoms. The smallest absolute Gasteiger partial charge is 0.250 e. The highest BCUT2D eigenvalue weighted by Gasteiger charge is 2.49. The number of hydrogen-bond donors (Lipinski definition) is 0. The molecule has 5 heteroatoms. The number of carbonyl (C=O) groups is 1. The molecular formula is C8H8Cl3NO. The van der Waals surface area contributed by atoms with E-state index >= 15 is 0 Å². The lowest BCUT2D eigenvalue weighted by Crippen LogP contribution is -2.36. The van der Waals surface area contributed by atoms with Crippen LogP contribution in [0.15, 0.2) is 0 Å². The molecule has 0 heterocycles. The lowest BCUT2D eigenvalue weighted by atomic mass is 9.84. The van der Waals surface area contributed by atoms with Gasteiger partial charge in [-0.05, 0) is 12.8 Å². The maximum absolute atomic E-state index is 11.6. The van der Waals surface area contributed by atoms with E-state index in [4.69, 9.17) is 40.1 Å². The highest BCUT2D eigenvalue weighted by molar-refractivity contribution is 6.76. The fourth-order valence-electron chi connectivity index (χ4n) is 1.64. The van der Waals surface area contributed by atoms with Crippen molar-refractivity contribution < 1.29 is 4.79 Å². The molecule has 0 atom stereocenters. The molecule has 1 fully saturated rings. The van der Waals surface area contributed by atoms with Crippen LogP contribution in [0.3, 0.4) is 0 Å². The number of rotatable bonds is 1. The Morgan fingerprint density at radius 3 is 2.08 bits per heavy atom. The van der Waals surface area contributed by atoms with Gasteiger partial charge in [-0.2, -0.15) is 5.26 Å². The van der Waals surface area contributed by atoms with E-state index in [1.54, 1.807) is 0 Å². The average molecular weight is 241 g/mol. The lowest BCUT2D eigenvalue weighted by Gasteiger charge is -2.22. The van der Waals surface area contributed by atoms with Gasteiger partial charge in [-0.3, -0.25) is 4.79 Å². The molecule has 0 radical (unpaired) electrons. The van der Waals surface area contributed by atoms with E-state index in [9.17, 15) is 4.79 Å². The van der Waals surface area contributed by atoms with Crippen LogP contribution in [0.4, 0.5) is 0 Å². The molecule has 1 aliphatic carbocycles. The van der Waals surface area contributed by atoms with Crippen molar-refractivity contribution in [1.82, 2.24) is 0 Å². The van der Waals surface area contributed by atoms with Gasteiger partial charge < -0.3 is 0 Å². The number of nitriles is 1. The Morgan fingerprint density at radius 1 is 1.31 bits per heavy atom. The highest BCUT2D eigenvalue weighted by atomic mass is 35.6. The molecular weight excluding hydrogens is 232 g/mol. The lowest BCUT2D eigenvalue weighted by molar-refractivity contribution is -0.124. The molecule has 0 aromatic carbocycles. The standard InChI is InChI=1S/C8H8Cl3NO/c9-8(10,11)6(13)7(5-12)3-1-2-4-7/h1-4H2. The average Bonchev–Trinajstić information content (AvgIpc) is 2.50. The van der Waals surface area contributed by atoms with E-state index in [0.717, 1.165) is 12.8 Å². The van der Waals surface area contributed by atoms with Crippen LogP contribution in [-0.2, 0) is 4.79 Å². The topological polar surface area (TPSA) is 40.9 Å². The molecule has 0 aromatic rings. The van der Waals surface area contributed by atoms with Gasteiger partial charge in [0.05, 0.1) is 6.07 Å². The Hall–Kier alpha value is 0.0300. The van der Waals surface area contributed by atoms with Gasteiger partial charge in [0.15, 0.2) is 0 Å². The second kappa shape index (κ2) is 3.65. The molecule has 1 rings (SSSR count). The van der Waals surface area contributed by atoms with Crippen molar-refractivity contribution in [2.45, 2.75) is 29.5 Å². The zero-order valence-electron chi connectivity index (χ0n) is 6.82. The number of hydrogen-bond acceptors (Lipinski definition) is 2. The molecule has 0 N–H and O–H groups in total. The third-order valence-corrected chi connectivity index (χ3v) is 2.88. The molecule has 0 amide bonds. The largest absolute Gasteiger partial charge is 0.293 e. The summed E-state index contributed by atoms with van der Waals surface area (Å²) in [6.45, 7) is 0. The van der Waals surface area contributed by atoms with Crippen molar-refractivity contribution in [1.29, 1.82) is 5.26 Å². The Morgan fingerprint density at radius 2 is 1.77 bits per heavy atom. The first kappa shape index (κ1) is 11.1. The van der Waals surface area contributed by atoms with E-state index < -0.39 is 15.0 Å². The van der Waals surface area contributed by atoms with Crippen molar-refractivity contribution in [3.05, 3.63) is 0 Å². The van der Waals surface area contributed by atoms with Crippen LogP contribution in [0, 0.1) is 16.7 Å². The third-order valence-electron chi connectivity index (χ3n) is 2.36. The molecule has 72 valence electrons. The van der Waals surface area contributed by atoms with Crippen LogP contribution in [0.5, 0.6) is 0 Å². The molecule has 0 saturated heterocycles. The first-order valence-electron chi connectivity index (χ1n) is 3.95. The van der Waals surface area contributed by atoms with Gasteiger partial charge in [0.2, 0.25) is 9.58 Å². The minimum absolute atomic E-state index is 0.510. The highest BCUT2D eigenvalue weighted by Crippen LogP contribution is 2.45. The number of alkyl halides is 3. The monoisotopic (exact) mass is 239 g/mol. The van der Waals surface area contributed by atoms with Crippen molar-refractivity contribution in [3.8, 4) is 6.07 Å². The van der Waals surface area contributed by atoms with E-state index in [1.165, 1.54) is 0 Å². The summed E-state index contributed by atoms with van der Waals surface area (Å²) in [5.74, 6) is -0.579. The molecule has 0 unspecified atom stereocenters. The second-order valence-corrected chi connectivity index (χ2v) is 5.51. The zero-order valence-corrected chi connectivity index (χ0v) is 9.09. The van der Waals surface area contributed by atoms with Gasteiger partial charge in [0.25, 0.3) is 0 Å². The predicted molar refractivity (Wildman–Crippen MR) is 51.8 cm³/mol. The van der Waals surface area contributed by atoms with E-state index in [0.29, 0.717) is 12.8 Å². The van der Waals surface area contributed by atoms with Gasteiger partial charge in [0, 0.05) is 0 Å². The van der Waals surface area contributed by atoms with Crippen molar-refractivity contribution >= 4 is 40.6 Å². The van der Waals surface area contributed by atoms with Gasteiger partial charge in [-0.1, -0.05) is 47.6 Å². The summed E-state index contributed by atoms with van der Waals surface area (Å²) in [6, 6.07) is 1.98. The molecule has 13 heavy (non-hydrogen) atoms. The summed E-state index contributed by atoms with van der Waals surface area (Å²) in [7, 11) is 0. The summed E-state index contributed by atoms with van der Waals surface area (Å²) >= 11 is 16.4. The van der Waals surface area contributed by atoms with Gasteiger partial charge in [0.1, 0.15) is 5.41 Å². The molecule has 2 nitrogen and oxygen atoms in total. The van der Waals surface area contributed by atoms with Crippen LogP contribution in [0.2, 0.25) is 0 Å². The molecule has 0 aromatic heterocycles. The summed E-state index contributed by atoms with van der Waals surface area (Å²) in [5.41, 5.74) is -1.05. The predicted octanol–water partition coefficient (Wildman–Crippen LogP) is 3.01. The van der Waals surface area contributed by atoms with E-state index in [2.05, 4.69) is 0 Å². The maximum atomic E-state index is 11.6. The number of Topliss-reactive ketones (excluding diaryl/α,β-unsaturated/α-hetero) is 1. The normalized spacial score (nSPS) is 21.1. The number of halogens is 3.